The number of nitrogens with zero attached hydrogens (tertiary/aromatic N) is 1. The standard InChI is InChI=1S/C9H14ClN3O/c1-6(2-3-14)13-9-7(10)4-12-5-8(9)11/h4-6,14H,2-3,11H2,1H3,(H,12,13). The predicted molar refractivity (Wildman–Crippen MR) is 58.4 cm³/mol. The van der Waals surface area contributed by atoms with Gasteiger partial charge in [0.25, 0.3) is 0 Å². The summed E-state index contributed by atoms with van der Waals surface area (Å²) < 4.78 is 0. The minimum absolute atomic E-state index is 0.127. The molecule has 4 N–H and O–H groups in total. The Bertz CT molecular complexity index is 286. The Hall–Kier alpha value is -1.00. The highest BCUT2D eigenvalue weighted by atomic mass is 35.5. The highest BCUT2D eigenvalue weighted by Gasteiger charge is 2.08. The Balaban J connectivity index is 2.75. The van der Waals surface area contributed by atoms with Crippen LogP contribution in [0.5, 0.6) is 0 Å². The number of aliphatic hydroxyl groups excluding tert-OH is 1. The van der Waals surface area contributed by atoms with Gasteiger partial charge in [0.05, 0.1) is 22.6 Å². The van der Waals surface area contributed by atoms with Crippen LogP contribution < -0.4 is 11.1 Å². The zero-order chi connectivity index (χ0) is 10.6. The Labute approximate surface area is 88.1 Å². The average molecular weight is 216 g/mol. The number of hydrogen-bond acceptors (Lipinski definition) is 4. The first-order valence-corrected chi connectivity index (χ1v) is 4.79. The topological polar surface area (TPSA) is 71.2 Å². The molecule has 0 radical (unpaired) electrons. The van der Waals surface area contributed by atoms with E-state index in [-0.39, 0.29) is 12.6 Å². The van der Waals surface area contributed by atoms with Gasteiger partial charge in [0.2, 0.25) is 0 Å². The number of anilines is 2. The molecule has 0 aromatic carbocycles. The number of nitrogen functional groups attached to an aromatic ring is 1. The number of aromatic nitrogens is 1. The smallest absolute Gasteiger partial charge is 0.0841 e. The van der Waals surface area contributed by atoms with Crippen molar-refractivity contribution in [3.8, 4) is 0 Å². The quantitative estimate of drug-likeness (QED) is 0.712. The molecule has 1 aromatic heterocycles. The third-order valence-electron chi connectivity index (χ3n) is 1.88. The summed E-state index contributed by atoms with van der Waals surface area (Å²) in [5, 5.41) is 12.4. The van der Waals surface area contributed by atoms with E-state index < -0.39 is 0 Å². The van der Waals surface area contributed by atoms with Gasteiger partial charge in [0.1, 0.15) is 0 Å². The van der Waals surface area contributed by atoms with Crippen LogP contribution >= 0.6 is 11.6 Å². The highest BCUT2D eigenvalue weighted by Crippen LogP contribution is 2.27. The summed E-state index contributed by atoms with van der Waals surface area (Å²) in [5.74, 6) is 0. The monoisotopic (exact) mass is 215 g/mol. The van der Waals surface area contributed by atoms with Crippen molar-refractivity contribution < 1.29 is 5.11 Å². The number of aliphatic hydroxyl groups is 1. The van der Waals surface area contributed by atoms with Gasteiger partial charge in [0, 0.05) is 18.8 Å². The summed E-state index contributed by atoms with van der Waals surface area (Å²) in [5.41, 5.74) is 6.89. The van der Waals surface area contributed by atoms with Gasteiger partial charge >= 0.3 is 0 Å². The number of rotatable bonds is 4. The molecule has 1 atom stereocenters. The molecule has 78 valence electrons. The molecule has 0 fully saturated rings. The molecule has 1 unspecified atom stereocenters. The molecule has 0 aliphatic heterocycles. The van der Waals surface area contributed by atoms with Crippen molar-refractivity contribution in [2.24, 2.45) is 0 Å². The highest BCUT2D eigenvalue weighted by molar-refractivity contribution is 6.33. The molecule has 0 saturated carbocycles. The van der Waals surface area contributed by atoms with Crippen LogP contribution in [-0.2, 0) is 0 Å². The van der Waals surface area contributed by atoms with Crippen molar-refractivity contribution in [1.82, 2.24) is 4.98 Å². The molecule has 1 aromatic rings. The van der Waals surface area contributed by atoms with E-state index in [1.54, 1.807) is 6.20 Å². The van der Waals surface area contributed by atoms with Crippen molar-refractivity contribution in [2.75, 3.05) is 17.7 Å². The fourth-order valence-corrected chi connectivity index (χ4v) is 1.33. The number of nitrogens with one attached hydrogen (secondary N) is 1. The number of nitrogens with two attached hydrogens (primary N) is 1. The second-order valence-corrected chi connectivity index (χ2v) is 3.55. The van der Waals surface area contributed by atoms with Crippen molar-refractivity contribution in [2.45, 2.75) is 19.4 Å². The fraction of sp³-hybridized carbons (Fsp3) is 0.444. The Morgan fingerprint density at radius 2 is 2.36 bits per heavy atom. The minimum Gasteiger partial charge on any atom is -0.396 e. The Morgan fingerprint density at radius 3 is 2.93 bits per heavy atom. The predicted octanol–water partition coefficient (Wildman–Crippen LogP) is 1.50. The maximum atomic E-state index is 8.74. The summed E-state index contributed by atoms with van der Waals surface area (Å²) in [4.78, 5) is 3.85. The molecule has 0 spiro atoms. The first-order valence-electron chi connectivity index (χ1n) is 4.41. The molecular formula is C9H14ClN3O. The fourth-order valence-electron chi connectivity index (χ4n) is 1.11. The van der Waals surface area contributed by atoms with E-state index >= 15 is 0 Å². The largest absolute Gasteiger partial charge is 0.396 e. The zero-order valence-corrected chi connectivity index (χ0v) is 8.75. The molecule has 0 amide bonds. The van der Waals surface area contributed by atoms with Gasteiger partial charge in [-0.3, -0.25) is 4.98 Å². The minimum atomic E-state index is 0.127. The maximum absolute atomic E-state index is 8.74. The lowest BCUT2D eigenvalue weighted by molar-refractivity contribution is 0.282. The van der Waals surface area contributed by atoms with E-state index in [4.69, 9.17) is 22.4 Å². The van der Waals surface area contributed by atoms with Gasteiger partial charge in [-0.05, 0) is 13.3 Å². The van der Waals surface area contributed by atoms with E-state index in [1.165, 1.54) is 6.20 Å². The van der Waals surface area contributed by atoms with Gasteiger partial charge in [-0.15, -0.1) is 0 Å². The molecule has 14 heavy (non-hydrogen) atoms. The van der Waals surface area contributed by atoms with E-state index in [1.807, 2.05) is 6.92 Å². The van der Waals surface area contributed by atoms with Crippen molar-refractivity contribution >= 4 is 23.0 Å². The first kappa shape index (κ1) is 11.1. The van der Waals surface area contributed by atoms with Crippen LogP contribution in [0.1, 0.15) is 13.3 Å². The SMILES string of the molecule is CC(CCO)Nc1c(N)cncc1Cl. The maximum Gasteiger partial charge on any atom is 0.0841 e. The molecule has 5 heteroatoms. The molecule has 0 aliphatic carbocycles. The van der Waals surface area contributed by atoms with Crippen LogP contribution in [0.25, 0.3) is 0 Å². The van der Waals surface area contributed by atoms with E-state index in [0.29, 0.717) is 22.8 Å². The van der Waals surface area contributed by atoms with Crippen LogP contribution in [0, 0.1) is 0 Å². The Morgan fingerprint density at radius 1 is 1.64 bits per heavy atom. The summed E-state index contributed by atoms with van der Waals surface area (Å²) in [6.07, 6.45) is 3.73. The summed E-state index contributed by atoms with van der Waals surface area (Å²) >= 11 is 5.91. The van der Waals surface area contributed by atoms with Crippen molar-refractivity contribution in [3.63, 3.8) is 0 Å². The lowest BCUT2D eigenvalue weighted by Crippen LogP contribution is -2.17. The molecule has 4 nitrogen and oxygen atoms in total. The number of hydrogen-bond donors (Lipinski definition) is 3. The zero-order valence-electron chi connectivity index (χ0n) is 8.00. The van der Waals surface area contributed by atoms with Gasteiger partial charge in [0.15, 0.2) is 0 Å². The van der Waals surface area contributed by atoms with Crippen LogP contribution in [0.4, 0.5) is 11.4 Å². The van der Waals surface area contributed by atoms with Crippen LogP contribution in [0.2, 0.25) is 5.02 Å². The second-order valence-electron chi connectivity index (χ2n) is 3.14. The third kappa shape index (κ3) is 2.75. The van der Waals surface area contributed by atoms with Crippen molar-refractivity contribution in [1.29, 1.82) is 0 Å². The van der Waals surface area contributed by atoms with E-state index in [9.17, 15) is 0 Å². The third-order valence-corrected chi connectivity index (χ3v) is 2.17. The lowest BCUT2D eigenvalue weighted by Gasteiger charge is -2.16. The lowest BCUT2D eigenvalue weighted by atomic mass is 10.2. The molecule has 0 aliphatic rings. The summed E-state index contributed by atoms with van der Waals surface area (Å²) in [7, 11) is 0. The molecule has 0 saturated heterocycles. The van der Waals surface area contributed by atoms with Gasteiger partial charge in [-0.2, -0.15) is 0 Å². The second kappa shape index (κ2) is 5.02. The number of pyridine rings is 1. The normalized spacial score (nSPS) is 12.5. The van der Waals surface area contributed by atoms with Crippen LogP contribution in [0.3, 0.4) is 0 Å². The first-order chi connectivity index (χ1) is 6.65. The van der Waals surface area contributed by atoms with Gasteiger partial charge in [-0.1, -0.05) is 11.6 Å². The van der Waals surface area contributed by atoms with Crippen LogP contribution in [0.15, 0.2) is 12.4 Å². The number of halogens is 1. The van der Waals surface area contributed by atoms with E-state index in [0.717, 1.165) is 0 Å². The van der Waals surface area contributed by atoms with Gasteiger partial charge in [-0.25, -0.2) is 0 Å². The summed E-state index contributed by atoms with van der Waals surface area (Å²) in [6.45, 7) is 2.09. The molecule has 1 heterocycles. The van der Waals surface area contributed by atoms with Crippen LogP contribution in [-0.4, -0.2) is 22.7 Å². The Kier molecular flexibility index (Phi) is 3.98. The van der Waals surface area contributed by atoms with E-state index in [2.05, 4.69) is 10.3 Å². The van der Waals surface area contributed by atoms with Gasteiger partial charge < -0.3 is 16.2 Å². The molecule has 1 rings (SSSR count). The molecular weight excluding hydrogens is 202 g/mol. The average Bonchev–Trinajstić information content (AvgIpc) is 2.12. The molecule has 0 bridgehead atoms. The van der Waals surface area contributed by atoms with Crippen molar-refractivity contribution in [3.05, 3.63) is 17.4 Å². The summed E-state index contributed by atoms with van der Waals surface area (Å²) in [6, 6.07) is 0.127.